The Kier molecular flexibility index (Phi) is 4.74. The van der Waals surface area contributed by atoms with Crippen LogP contribution in [0.5, 0.6) is 0 Å². The van der Waals surface area contributed by atoms with Crippen LogP contribution in [0.25, 0.3) is 0 Å². The third-order valence-corrected chi connectivity index (χ3v) is 4.69. The molecule has 1 heterocycles. The maximum atomic E-state index is 5.59. The Hall–Kier alpha value is -1.87. The Morgan fingerprint density at radius 2 is 2.00 bits per heavy atom. The van der Waals surface area contributed by atoms with Gasteiger partial charge in [0.1, 0.15) is 0 Å². The zero-order valence-electron chi connectivity index (χ0n) is 13.0. The minimum absolute atomic E-state index is 0.586. The number of hydrogen-bond acceptors (Lipinski definition) is 1. The molecule has 1 fully saturated rings. The highest BCUT2D eigenvalue weighted by molar-refractivity contribution is 7.80. The van der Waals surface area contributed by atoms with Gasteiger partial charge in [0, 0.05) is 24.7 Å². The zero-order valence-corrected chi connectivity index (χ0v) is 13.8. The molecule has 0 saturated carbocycles. The van der Waals surface area contributed by atoms with Crippen molar-refractivity contribution in [2.45, 2.75) is 25.7 Å². The number of likely N-dealkylation sites (tertiary alicyclic amines) is 1. The van der Waals surface area contributed by atoms with E-state index in [1.54, 1.807) is 0 Å². The zero-order chi connectivity index (χ0) is 15.4. The maximum absolute atomic E-state index is 5.59. The van der Waals surface area contributed by atoms with E-state index in [1.807, 2.05) is 0 Å². The predicted molar refractivity (Wildman–Crippen MR) is 97.4 cm³/mol. The standard InChI is InChI=1S/C19H22N2S/c1-2-15-7-6-10-18(13-15)20-19(22)21-12-11-17(14-21)16-8-4-3-5-9-16/h3-10,13,17H,2,11-12,14H2,1H3,(H,20,22)/t17-/m0/s1. The first kappa shape index (κ1) is 15.0. The summed E-state index contributed by atoms with van der Waals surface area (Å²) in [5.74, 6) is 0.586. The Morgan fingerprint density at radius 3 is 2.77 bits per heavy atom. The molecule has 0 radical (unpaired) electrons. The van der Waals surface area contributed by atoms with Gasteiger partial charge < -0.3 is 10.2 Å². The van der Waals surface area contributed by atoms with Crippen molar-refractivity contribution in [2.24, 2.45) is 0 Å². The number of hydrogen-bond donors (Lipinski definition) is 1. The van der Waals surface area contributed by atoms with E-state index >= 15 is 0 Å². The van der Waals surface area contributed by atoms with Crippen LogP contribution in [-0.4, -0.2) is 23.1 Å². The highest BCUT2D eigenvalue weighted by Crippen LogP contribution is 2.27. The molecule has 2 aromatic carbocycles. The lowest BCUT2D eigenvalue weighted by Crippen LogP contribution is -2.32. The van der Waals surface area contributed by atoms with E-state index in [0.717, 1.165) is 30.3 Å². The van der Waals surface area contributed by atoms with Gasteiger partial charge in [0.2, 0.25) is 0 Å². The molecule has 114 valence electrons. The lowest BCUT2D eigenvalue weighted by molar-refractivity contribution is 0.518. The average Bonchev–Trinajstić information content (AvgIpc) is 3.06. The summed E-state index contributed by atoms with van der Waals surface area (Å²) < 4.78 is 0. The molecule has 1 atom stereocenters. The van der Waals surface area contributed by atoms with Crippen molar-refractivity contribution >= 4 is 23.0 Å². The fourth-order valence-electron chi connectivity index (χ4n) is 3.01. The number of anilines is 1. The van der Waals surface area contributed by atoms with E-state index in [9.17, 15) is 0 Å². The van der Waals surface area contributed by atoms with Crippen molar-refractivity contribution < 1.29 is 0 Å². The van der Waals surface area contributed by atoms with Crippen molar-refractivity contribution in [1.29, 1.82) is 0 Å². The molecule has 1 aliphatic heterocycles. The quantitative estimate of drug-likeness (QED) is 0.844. The lowest BCUT2D eigenvalue weighted by Gasteiger charge is -2.21. The first-order chi connectivity index (χ1) is 10.8. The summed E-state index contributed by atoms with van der Waals surface area (Å²) in [6, 6.07) is 19.2. The lowest BCUT2D eigenvalue weighted by atomic mass is 9.99. The molecule has 0 spiro atoms. The van der Waals surface area contributed by atoms with Crippen LogP contribution in [0.1, 0.15) is 30.4 Å². The van der Waals surface area contributed by atoms with Crippen LogP contribution < -0.4 is 5.32 Å². The molecular weight excluding hydrogens is 288 g/mol. The number of thiocarbonyl (C=S) groups is 1. The predicted octanol–water partition coefficient (Wildman–Crippen LogP) is 4.44. The van der Waals surface area contributed by atoms with E-state index in [4.69, 9.17) is 12.2 Å². The molecule has 1 saturated heterocycles. The molecule has 0 unspecified atom stereocenters. The minimum Gasteiger partial charge on any atom is -0.348 e. The largest absolute Gasteiger partial charge is 0.348 e. The van der Waals surface area contributed by atoms with Gasteiger partial charge in [0.15, 0.2) is 5.11 Å². The first-order valence-corrected chi connectivity index (χ1v) is 8.37. The second-order valence-electron chi connectivity index (χ2n) is 5.83. The van der Waals surface area contributed by atoms with Crippen molar-refractivity contribution in [1.82, 2.24) is 4.90 Å². The Bertz CT molecular complexity index is 639. The second-order valence-corrected chi connectivity index (χ2v) is 6.21. The fraction of sp³-hybridized carbons (Fsp3) is 0.316. The van der Waals surface area contributed by atoms with Crippen LogP contribution >= 0.6 is 12.2 Å². The summed E-state index contributed by atoms with van der Waals surface area (Å²) in [7, 11) is 0. The topological polar surface area (TPSA) is 15.3 Å². The molecule has 1 aliphatic rings. The summed E-state index contributed by atoms with van der Waals surface area (Å²) in [5, 5.41) is 4.23. The van der Waals surface area contributed by atoms with Crippen LogP contribution in [0.4, 0.5) is 5.69 Å². The number of rotatable bonds is 3. The van der Waals surface area contributed by atoms with Crippen LogP contribution in [0.2, 0.25) is 0 Å². The highest BCUT2D eigenvalue weighted by Gasteiger charge is 2.25. The second kappa shape index (κ2) is 6.93. The van der Waals surface area contributed by atoms with Gasteiger partial charge in [-0.25, -0.2) is 0 Å². The molecule has 0 bridgehead atoms. The molecular formula is C19H22N2S. The SMILES string of the molecule is CCc1cccc(NC(=S)N2CC[C@H](c3ccccc3)C2)c1. The summed E-state index contributed by atoms with van der Waals surface area (Å²) >= 11 is 5.59. The van der Waals surface area contributed by atoms with E-state index < -0.39 is 0 Å². The summed E-state index contributed by atoms with van der Waals surface area (Å²) in [4.78, 5) is 2.28. The molecule has 0 amide bonds. The molecule has 3 rings (SSSR count). The summed E-state index contributed by atoms with van der Waals surface area (Å²) in [5.41, 5.74) is 3.84. The number of benzene rings is 2. The molecule has 0 aromatic heterocycles. The molecule has 2 nitrogen and oxygen atoms in total. The number of aryl methyl sites for hydroxylation is 1. The van der Waals surface area contributed by atoms with Crippen molar-refractivity contribution in [3.8, 4) is 0 Å². The van der Waals surface area contributed by atoms with Crippen molar-refractivity contribution in [3.05, 3.63) is 65.7 Å². The molecule has 1 N–H and O–H groups in total. The molecule has 2 aromatic rings. The Labute approximate surface area is 138 Å². The van der Waals surface area contributed by atoms with Gasteiger partial charge in [-0.2, -0.15) is 0 Å². The third-order valence-electron chi connectivity index (χ3n) is 4.33. The fourth-order valence-corrected chi connectivity index (χ4v) is 3.30. The smallest absolute Gasteiger partial charge is 0.173 e. The molecule has 22 heavy (non-hydrogen) atoms. The molecule has 3 heteroatoms. The number of nitrogens with one attached hydrogen (secondary N) is 1. The monoisotopic (exact) mass is 310 g/mol. The van der Waals surface area contributed by atoms with Gasteiger partial charge in [-0.1, -0.05) is 49.4 Å². The summed E-state index contributed by atoms with van der Waals surface area (Å²) in [6.45, 7) is 4.20. The van der Waals surface area contributed by atoms with Crippen LogP contribution in [0.3, 0.4) is 0 Å². The average molecular weight is 310 g/mol. The Balaban J connectivity index is 1.62. The van der Waals surface area contributed by atoms with Crippen LogP contribution in [0.15, 0.2) is 54.6 Å². The van der Waals surface area contributed by atoms with E-state index in [2.05, 4.69) is 71.7 Å². The van der Waals surface area contributed by atoms with Gasteiger partial charge >= 0.3 is 0 Å². The first-order valence-electron chi connectivity index (χ1n) is 7.96. The number of nitrogens with zero attached hydrogens (tertiary/aromatic N) is 1. The van der Waals surface area contributed by atoms with Gasteiger partial charge in [-0.05, 0) is 48.3 Å². The van der Waals surface area contributed by atoms with Crippen molar-refractivity contribution in [2.75, 3.05) is 18.4 Å². The highest BCUT2D eigenvalue weighted by atomic mass is 32.1. The van der Waals surface area contributed by atoms with Gasteiger partial charge in [-0.3, -0.25) is 0 Å². The van der Waals surface area contributed by atoms with Crippen LogP contribution in [0, 0.1) is 0 Å². The normalized spacial score (nSPS) is 17.5. The maximum Gasteiger partial charge on any atom is 0.173 e. The molecule has 0 aliphatic carbocycles. The summed E-state index contributed by atoms with van der Waals surface area (Å²) in [6.07, 6.45) is 2.21. The van der Waals surface area contributed by atoms with Crippen molar-refractivity contribution in [3.63, 3.8) is 0 Å². The van der Waals surface area contributed by atoms with E-state index in [-0.39, 0.29) is 0 Å². The third kappa shape index (κ3) is 3.47. The minimum atomic E-state index is 0.586. The van der Waals surface area contributed by atoms with Gasteiger partial charge in [0.25, 0.3) is 0 Å². The van der Waals surface area contributed by atoms with Gasteiger partial charge in [-0.15, -0.1) is 0 Å². The van der Waals surface area contributed by atoms with E-state index in [0.29, 0.717) is 5.92 Å². The van der Waals surface area contributed by atoms with Gasteiger partial charge in [0.05, 0.1) is 0 Å². The Morgan fingerprint density at radius 1 is 1.18 bits per heavy atom. The van der Waals surface area contributed by atoms with E-state index in [1.165, 1.54) is 17.5 Å². The van der Waals surface area contributed by atoms with Crippen LogP contribution in [-0.2, 0) is 6.42 Å².